The fourth-order valence-corrected chi connectivity index (χ4v) is 1.21. The summed E-state index contributed by atoms with van der Waals surface area (Å²) in [4.78, 5) is 28.0. The van der Waals surface area contributed by atoms with Crippen molar-refractivity contribution in [3.05, 3.63) is 36.3 Å². The minimum atomic E-state index is -0.573. The van der Waals surface area contributed by atoms with Crippen LogP contribution >= 0.6 is 0 Å². The van der Waals surface area contributed by atoms with Crippen molar-refractivity contribution in [2.24, 2.45) is 0 Å². The van der Waals surface area contributed by atoms with Gasteiger partial charge in [-0.15, -0.1) is 0 Å². The number of carbonyl (C=O) groups excluding carboxylic acids is 1. The van der Waals surface area contributed by atoms with Gasteiger partial charge < -0.3 is 0 Å². The number of nitrogens with zero attached hydrogens (tertiary/aromatic N) is 2. The van der Waals surface area contributed by atoms with Crippen LogP contribution in [0.5, 0.6) is 0 Å². The van der Waals surface area contributed by atoms with Crippen LogP contribution in [0.3, 0.4) is 0 Å². The van der Waals surface area contributed by atoms with E-state index in [1.807, 2.05) is 0 Å². The Morgan fingerprint density at radius 2 is 2.27 bits per heavy atom. The van der Waals surface area contributed by atoms with Gasteiger partial charge in [-0.3, -0.25) is 14.9 Å². The van der Waals surface area contributed by atoms with E-state index >= 15 is 0 Å². The first kappa shape index (κ1) is 9.54. The van der Waals surface area contributed by atoms with Crippen molar-refractivity contribution >= 4 is 16.9 Å². The Morgan fingerprint density at radius 1 is 1.40 bits per heavy atom. The van der Waals surface area contributed by atoms with Crippen LogP contribution in [0.2, 0.25) is 0 Å². The summed E-state index contributed by atoms with van der Waals surface area (Å²) in [6.45, 7) is 0. The average Bonchev–Trinajstić information content (AvgIpc) is 2.29. The van der Waals surface area contributed by atoms with Gasteiger partial charge in [0.15, 0.2) is 0 Å². The molecule has 0 bridgehead atoms. The van der Waals surface area contributed by atoms with Crippen molar-refractivity contribution < 1.29 is 14.6 Å². The van der Waals surface area contributed by atoms with Crippen molar-refractivity contribution in [1.82, 2.24) is 9.97 Å². The molecule has 0 aliphatic carbocycles. The van der Waals surface area contributed by atoms with Crippen LogP contribution in [0.4, 0.5) is 0 Å². The second-order valence-electron chi connectivity index (χ2n) is 2.83. The number of pyridine rings is 2. The Balaban J connectivity index is 2.42. The van der Waals surface area contributed by atoms with Crippen LogP contribution in [0.15, 0.2) is 30.7 Å². The Bertz CT molecular complexity index is 499. The van der Waals surface area contributed by atoms with E-state index in [0.29, 0.717) is 5.56 Å². The lowest BCUT2D eigenvalue weighted by atomic mass is 10.2. The van der Waals surface area contributed by atoms with Gasteiger partial charge in [0.25, 0.3) is 0 Å². The fraction of sp³-hybridized carbons (Fsp3) is 0.100. The Morgan fingerprint density at radius 3 is 3.07 bits per heavy atom. The van der Waals surface area contributed by atoms with E-state index in [9.17, 15) is 4.79 Å². The summed E-state index contributed by atoms with van der Waals surface area (Å²) in [6.07, 6.45) is 4.71. The predicted molar refractivity (Wildman–Crippen MR) is 52.0 cm³/mol. The van der Waals surface area contributed by atoms with Gasteiger partial charge >= 0.3 is 5.97 Å². The first-order chi connectivity index (χ1) is 7.31. The van der Waals surface area contributed by atoms with E-state index in [-0.39, 0.29) is 0 Å². The highest BCUT2D eigenvalue weighted by Crippen LogP contribution is 2.11. The molecule has 2 aromatic heterocycles. The second-order valence-corrected chi connectivity index (χ2v) is 2.83. The van der Waals surface area contributed by atoms with Crippen molar-refractivity contribution in [1.29, 1.82) is 0 Å². The number of hydrogen-bond donors (Lipinski definition) is 0. The number of carbonyl (C=O) groups is 1. The maximum Gasteiger partial charge on any atom is 0.374 e. The molecule has 0 radical (unpaired) electrons. The fourth-order valence-electron chi connectivity index (χ4n) is 1.21. The van der Waals surface area contributed by atoms with Gasteiger partial charge in [-0.25, -0.2) is 4.79 Å². The van der Waals surface area contributed by atoms with Crippen LogP contribution in [-0.4, -0.2) is 23.0 Å². The number of aromatic nitrogens is 2. The summed E-state index contributed by atoms with van der Waals surface area (Å²) in [5, 5.41) is 0.781. The first-order valence-electron chi connectivity index (χ1n) is 4.26. The molecule has 0 atom stereocenters. The second kappa shape index (κ2) is 4.02. The Hall–Kier alpha value is -2.01. The molecule has 0 saturated carbocycles. The molecule has 15 heavy (non-hydrogen) atoms. The largest absolute Gasteiger partial charge is 0.374 e. The summed E-state index contributed by atoms with van der Waals surface area (Å²) in [5.41, 5.74) is 1.11. The monoisotopic (exact) mass is 204 g/mol. The molecule has 2 aromatic rings. The highest BCUT2D eigenvalue weighted by atomic mass is 17.2. The summed E-state index contributed by atoms with van der Waals surface area (Å²) in [7, 11) is 1.27. The third kappa shape index (κ3) is 1.92. The van der Waals surface area contributed by atoms with Crippen LogP contribution < -0.4 is 0 Å². The van der Waals surface area contributed by atoms with Crippen molar-refractivity contribution in [2.75, 3.05) is 7.11 Å². The van der Waals surface area contributed by atoms with Gasteiger partial charge in [0.2, 0.25) is 0 Å². The van der Waals surface area contributed by atoms with Crippen molar-refractivity contribution in [3.8, 4) is 0 Å². The minimum Gasteiger partial charge on any atom is -0.293 e. The van der Waals surface area contributed by atoms with Crippen LogP contribution in [-0.2, 0) is 9.78 Å². The summed E-state index contributed by atoms with van der Waals surface area (Å²) >= 11 is 0. The van der Waals surface area contributed by atoms with Crippen molar-refractivity contribution in [2.45, 2.75) is 0 Å². The van der Waals surface area contributed by atoms with Crippen molar-refractivity contribution in [3.63, 3.8) is 0 Å². The number of rotatable bonds is 2. The third-order valence-electron chi connectivity index (χ3n) is 1.88. The predicted octanol–water partition coefficient (Wildman–Crippen LogP) is 1.35. The molecule has 0 unspecified atom stereocenters. The van der Waals surface area contributed by atoms with Crippen LogP contribution in [0.1, 0.15) is 10.4 Å². The summed E-state index contributed by atoms with van der Waals surface area (Å²) in [5.74, 6) is -0.573. The van der Waals surface area contributed by atoms with Gasteiger partial charge in [0.1, 0.15) is 0 Å². The zero-order valence-corrected chi connectivity index (χ0v) is 8.01. The van der Waals surface area contributed by atoms with Gasteiger partial charge in [-0.1, -0.05) is 0 Å². The molecule has 0 amide bonds. The topological polar surface area (TPSA) is 61.3 Å². The zero-order chi connectivity index (χ0) is 10.7. The molecule has 2 rings (SSSR count). The third-order valence-corrected chi connectivity index (χ3v) is 1.88. The first-order valence-corrected chi connectivity index (χ1v) is 4.26. The molecule has 0 aliphatic heterocycles. The highest BCUT2D eigenvalue weighted by molar-refractivity contribution is 5.93. The zero-order valence-electron chi connectivity index (χ0n) is 8.01. The molecule has 0 aliphatic rings. The number of fused-ring (bicyclic) bond motifs is 1. The van der Waals surface area contributed by atoms with E-state index in [1.54, 1.807) is 24.5 Å². The molecule has 0 saturated heterocycles. The molecule has 5 nitrogen and oxygen atoms in total. The molecule has 76 valence electrons. The number of hydrogen-bond acceptors (Lipinski definition) is 5. The lowest BCUT2D eigenvalue weighted by molar-refractivity contribution is -0.216. The molecule has 0 spiro atoms. The Kier molecular flexibility index (Phi) is 2.55. The normalized spacial score (nSPS) is 10.2. The smallest absolute Gasteiger partial charge is 0.293 e. The Labute approximate surface area is 85.6 Å². The quantitative estimate of drug-likeness (QED) is 0.545. The van der Waals surface area contributed by atoms with E-state index in [1.165, 1.54) is 13.3 Å². The maximum atomic E-state index is 11.3. The van der Waals surface area contributed by atoms with Gasteiger partial charge in [0, 0.05) is 24.0 Å². The molecule has 0 aromatic carbocycles. The molecule has 0 fully saturated rings. The highest BCUT2D eigenvalue weighted by Gasteiger charge is 2.08. The van der Waals surface area contributed by atoms with Gasteiger partial charge in [0.05, 0.1) is 18.2 Å². The molecule has 2 heterocycles. The summed E-state index contributed by atoms with van der Waals surface area (Å²) < 4.78 is 0. The lowest BCUT2D eigenvalue weighted by Crippen LogP contribution is -2.04. The van der Waals surface area contributed by atoms with Crippen LogP contribution in [0.25, 0.3) is 10.9 Å². The van der Waals surface area contributed by atoms with E-state index in [2.05, 4.69) is 19.7 Å². The van der Waals surface area contributed by atoms with Gasteiger partial charge in [-0.05, 0) is 12.1 Å². The maximum absolute atomic E-state index is 11.3. The van der Waals surface area contributed by atoms with Gasteiger partial charge in [-0.2, -0.15) is 4.89 Å². The standard InChI is InChI=1S/C10H8N2O3/c1-14-15-10(13)8-4-7-5-11-3-2-9(7)12-6-8/h2-6H,1H3. The lowest BCUT2D eigenvalue weighted by Gasteiger charge is -2.00. The summed E-state index contributed by atoms with van der Waals surface area (Å²) in [6, 6.07) is 3.41. The minimum absolute atomic E-state index is 0.331. The van der Waals surface area contributed by atoms with E-state index in [4.69, 9.17) is 0 Å². The van der Waals surface area contributed by atoms with Crippen LogP contribution in [0, 0.1) is 0 Å². The molecular formula is C10H8N2O3. The average molecular weight is 204 g/mol. The molecule has 0 N–H and O–H groups in total. The van der Waals surface area contributed by atoms with E-state index in [0.717, 1.165) is 10.9 Å². The molecular weight excluding hydrogens is 196 g/mol. The SMILES string of the molecule is COOC(=O)c1cnc2ccncc2c1. The van der Waals surface area contributed by atoms with E-state index < -0.39 is 5.97 Å². The molecule has 5 heteroatoms.